The topological polar surface area (TPSA) is 50.2 Å². The van der Waals surface area contributed by atoms with Crippen LogP contribution in [-0.4, -0.2) is 16.1 Å². The van der Waals surface area contributed by atoms with Crippen molar-refractivity contribution >= 4 is 42.4 Å². The van der Waals surface area contributed by atoms with Crippen molar-refractivity contribution in [3.8, 4) is 0 Å². The lowest BCUT2D eigenvalue weighted by molar-refractivity contribution is 0.0696. The van der Waals surface area contributed by atoms with Crippen LogP contribution in [0.2, 0.25) is 5.02 Å². The first-order chi connectivity index (χ1) is 4.72. The Kier molecular flexibility index (Phi) is 7.09. The van der Waals surface area contributed by atoms with Crippen molar-refractivity contribution in [3.63, 3.8) is 0 Å². The lowest BCUT2D eigenvalue weighted by Gasteiger charge is -1.93. The van der Waals surface area contributed by atoms with Crippen molar-refractivity contribution in [2.45, 2.75) is 0 Å². The molecule has 68 valence electrons. The van der Waals surface area contributed by atoms with Gasteiger partial charge in [-0.25, -0.2) is 4.79 Å². The minimum absolute atomic E-state index is 0. The summed E-state index contributed by atoms with van der Waals surface area (Å²) in [5.41, 5.74) is 0.0316. The molecule has 0 unspecified atom stereocenters. The number of halogens is 3. The summed E-state index contributed by atoms with van der Waals surface area (Å²) < 4.78 is 0. The smallest absolute Gasteiger partial charge is 0.338 e. The van der Waals surface area contributed by atoms with Gasteiger partial charge < -0.3 is 5.11 Å². The molecule has 0 saturated heterocycles. The molecule has 1 rings (SSSR count). The second kappa shape index (κ2) is 6.06. The largest absolute Gasteiger partial charge is 0.478 e. The highest BCUT2D eigenvalue weighted by Crippen LogP contribution is 2.12. The number of carboxylic acids is 1. The van der Waals surface area contributed by atoms with Crippen molar-refractivity contribution in [2.75, 3.05) is 0 Å². The summed E-state index contributed by atoms with van der Waals surface area (Å²) in [6, 6.07) is 1.44. The maximum Gasteiger partial charge on any atom is 0.338 e. The maximum absolute atomic E-state index is 10.3. The molecule has 6 heteroatoms. The van der Waals surface area contributed by atoms with Gasteiger partial charge in [-0.2, -0.15) is 0 Å². The number of pyridine rings is 1. The zero-order valence-corrected chi connectivity index (χ0v) is 8.12. The van der Waals surface area contributed by atoms with E-state index in [0.717, 1.165) is 0 Å². The van der Waals surface area contributed by atoms with Gasteiger partial charge >= 0.3 is 5.97 Å². The number of aromatic nitrogens is 1. The molecule has 0 bridgehead atoms. The second-order valence-corrected chi connectivity index (χ2v) is 2.07. The van der Waals surface area contributed by atoms with Gasteiger partial charge in [-0.1, -0.05) is 11.6 Å². The van der Waals surface area contributed by atoms with Gasteiger partial charge in [0, 0.05) is 12.4 Å². The lowest BCUT2D eigenvalue weighted by Crippen LogP contribution is -1.97. The Morgan fingerprint density at radius 2 is 2.08 bits per heavy atom. The van der Waals surface area contributed by atoms with E-state index in [1.165, 1.54) is 18.5 Å². The number of rotatable bonds is 1. The van der Waals surface area contributed by atoms with E-state index in [2.05, 4.69) is 4.98 Å². The Bertz CT molecular complexity index is 267. The van der Waals surface area contributed by atoms with Crippen LogP contribution in [-0.2, 0) is 0 Å². The van der Waals surface area contributed by atoms with Crippen molar-refractivity contribution < 1.29 is 9.90 Å². The van der Waals surface area contributed by atoms with E-state index in [-0.39, 0.29) is 35.4 Å². The highest BCUT2D eigenvalue weighted by molar-refractivity contribution is 6.33. The first-order valence-corrected chi connectivity index (χ1v) is 2.92. The Morgan fingerprint density at radius 3 is 2.42 bits per heavy atom. The van der Waals surface area contributed by atoms with Gasteiger partial charge in [-0.05, 0) is 6.07 Å². The van der Waals surface area contributed by atoms with Gasteiger partial charge in [0.15, 0.2) is 0 Å². The zero-order chi connectivity index (χ0) is 7.56. The number of nitrogens with zero attached hydrogens (tertiary/aromatic N) is 1. The van der Waals surface area contributed by atoms with E-state index in [0.29, 0.717) is 0 Å². The Morgan fingerprint density at radius 1 is 1.50 bits per heavy atom. The monoisotopic (exact) mass is 229 g/mol. The van der Waals surface area contributed by atoms with Crippen LogP contribution in [0.3, 0.4) is 0 Å². The van der Waals surface area contributed by atoms with Crippen molar-refractivity contribution in [2.24, 2.45) is 0 Å². The van der Waals surface area contributed by atoms with Crippen molar-refractivity contribution in [1.29, 1.82) is 0 Å². The van der Waals surface area contributed by atoms with Crippen LogP contribution in [0, 0.1) is 0 Å². The molecule has 1 aromatic rings. The summed E-state index contributed by atoms with van der Waals surface area (Å²) in [7, 11) is 0. The molecular formula is C6H6Cl3NO2. The first-order valence-electron chi connectivity index (χ1n) is 2.54. The quantitative estimate of drug-likeness (QED) is 0.805. The molecule has 0 atom stereocenters. The Labute approximate surface area is 86.6 Å². The highest BCUT2D eigenvalue weighted by Gasteiger charge is 2.05. The molecule has 1 heterocycles. The van der Waals surface area contributed by atoms with Gasteiger partial charge in [0.2, 0.25) is 0 Å². The van der Waals surface area contributed by atoms with Gasteiger partial charge in [0.1, 0.15) is 0 Å². The molecule has 3 nitrogen and oxygen atoms in total. The van der Waals surface area contributed by atoms with Crippen molar-refractivity contribution in [1.82, 2.24) is 4.98 Å². The molecule has 12 heavy (non-hydrogen) atoms. The average Bonchev–Trinajstić information content (AvgIpc) is 1.88. The lowest BCUT2D eigenvalue weighted by atomic mass is 10.3. The molecule has 0 fully saturated rings. The minimum atomic E-state index is -1.06. The third kappa shape index (κ3) is 3.26. The van der Waals surface area contributed by atoms with Crippen molar-refractivity contribution in [3.05, 3.63) is 29.0 Å². The van der Waals surface area contributed by atoms with Crippen LogP contribution in [0.5, 0.6) is 0 Å². The third-order valence-electron chi connectivity index (χ3n) is 0.998. The molecule has 0 amide bonds. The van der Waals surface area contributed by atoms with E-state index < -0.39 is 5.97 Å². The van der Waals surface area contributed by atoms with Gasteiger partial charge in [-0.3, -0.25) is 4.98 Å². The fraction of sp³-hybridized carbons (Fsp3) is 0. The zero-order valence-electron chi connectivity index (χ0n) is 5.73. The Hall–Kier alpha value is -0.510. The molecule has 0 aliphatic rings. The maximum atomic E-state index is 10.3. The van der Waals surface area contributed by atoms with Crippen LogP contribution < -0.4 is 0 Å². The third-order valence-corrected chi connectivity index (χ3v) is 1.33. The summed E-state index contributed by atoms with van der Waals surface area (Å²) >= 11 is 5.50. The van der Waals surface area contributed by atoms with E-state index >= 15 is 0 Å². The fourth-order valence-electron chi connectivity index (χ4n) is 0.535. The predicted octanol–water partition coefficient (Wildman–Crippen LogP) is 2.28. The first kappa shape index (κ1) is 14.0. The molecule has 1 aromatic heterocycles. The van der Waals surface area contributed by atoms with Crippen LogP contribution in [0.15, 0.2) is 18.5 Å². The molecule has 0 aliphatic carbocycles. The van der Waals surface area contributed by atoms with Crippen LogP contribution >= 0.6 is 36.4 Å². The molecule has 0 aliphatic heterocycles. The van der Waals surface area contributed by atoms with E-state index in [1.54, 1.807) is 0 Å². The van der Waals surface area contributed by atoms with E-state index in [1.807, 2.05) is 0 Å². The van der Waals surface area contributed by atoms with E-state index in [9.17, 15) is 4.79 Å². The van der Waals surface area contributed by atoms with Crippen LogP contribution in [0.4, 0.5) is 0 Å². The second-order valence-electron chi connectivity index (χ2n) is 1.66. The standard InChI is InChI=1S/C6H4ClNO2.2ClH/c7-5-1-2-8-3-4(5)6(9)10;;/h1-3H,(H,9,10);2*1H. The van der Waals surface area contributed by atoms with Crippen LogP contribution in [0.1, 0.15) is 10.4 Å². The normalized spacial score (nSPS) is 7.75. The predicted molar refractivity (Wildman–Crippen MR) is 50.7 cm³/mol. The molecule has 0 radical (unpaired) electrons. The summed E-state index contributed by atoms with van der Waals surface area (Å²) in [5.74, 6) is -1.06. The summed E-state index contributed by atoms with van der Waals surface area (Å²) in [6.07, 6.45) is 2.65. The molecule has 1 N–H and O–H groups in total. The summed E-state index contributed by atoms with van der Waals surface area (Å²) in [4.78, 5) is 13.9. The average molecular weight is 230 g/mol. The van der Waals surface area contributed by atoms with E-state index in [4.69, 9.17) is 16.7 Å². The number of carboxylic acid groups (broad SMARTS) is 1. The number of aromatic carboxylic acids is 1. The molecule has 0 aromatic carbocycles. The highest BCUT2D eigenvalue weighted by atomic mass is 35.5. The van der Waals surface area contributed by atoms with Gasteiger partial charge in [0.05, 0.1) is 10.6 Å². The number of hydrogen-bond acceptors (Lipinski definition) is 2. The van der Waals surface area contributed by atoms with Gasteiger partial charge in [0.25, 0.3) is 0 Å². The summed E-state index contributed by atoms with van der Waals surface area (Å²) in [6.45, 7) is 0. The Balaban J connectivity index is 0. The summed E-state index contributed by atoms with van der Waals surface area (Å²) in [5, 5.41) is 8.65. The van der Waals surface area contributed by atoms with Gasteiger partial charge in [-0.15, -0.1) is 24.8 Å². The minimum Gasteiger partial charge on any atom is -0.478 e. The number of carbonyl (C=O) groups is 1. The molecule has 0 spiro atoms. The molecular weight excluding hydrogens is 224 g/mol. The number of hydrogen-bond donors (Lipinski definition) is 1. The molecule has 0 saturated carbocycles. The SMILES string of the molecule is Cl.Cl.O=C(O)c1cnccc1Cl. The van der Waals surface area contributed by atoms with Crippen LogP contribution in [0.25, 0.3) is 0 Å². The fourth-order valence-corrected chi connectivity index (χ4v) is 0.721.